The lowest BCUT2D eigenvalue weighted by molar-refractivity contribution is -0.121. The molecule has 1 heterocycles. The average Bonchev–Trinajstić information content (AvgIpc) is 2.61. The molecule has 0 aliphatic carbocycles. The van der Waals surface area contributed by atoms with E-state index in [-0.39, 0.29) is 5.91 Å². The van der Waals surface area contributed by atoms with E-state index in [9.17, 15) is 4.79 Å². The van der Waals surface area contributed by atoms with Gasteiger partial charge in [0.25, 0.3) is 0 Å². The van der Waals surface area contributed by atoms with Gasteiger partial charge in [0.05, 0.1) is 0 Å². The minimum atomic E-state index is 0.169. The Hall–Kier alpha value is -0.220. The van der Waals surface area contributed by atoms with Gasteiger partial charge in [0.2, 0.25) is 5.91 Å². The van der Waals surface area contributed by atoms with Crippen molar-refractivity contribution in [3.63, 3.8) is 0 Å². The van der Waals surface area contributed by atoms with Gasteiger partial charge in [0.1, 0.15) is 0 Å². The molecule has 2 unspecified atom stereocenters. The molecule has 0 saturated carbocycles. The molecule has 15 heavy (non-hydrogen) atoms. The fourth-order valence-corrected chi connectivity index (χ4v) is 2.95. The van der Waals surface area contributed by atoms with Crippen LogP contribution in [0.4, 0.5) is 0 Å². The number of hydrogen-bond acceptors (Lipinski definition) is 3. The average molecular weight is 230 g/mol. The van der Waals surface area contributed by atoms with Gasteiger partial charge >= 0.3 is 0 Å². The Bertz CT molecular complexity index is 199. The molecule has 2 atom stereocenters. The summed E-state index contributed by atoms with van der Waals surface area (Å²) in [5.41, 5.74) is 0. The molecule has 0 aromatic carbocycles. The lowest BCUT2D eigenvalue weighted by atomic mass is 10.1. The van der Waals surface area contributed by atoms with Crippen molar-refractivity contribution in [2.75, 3.05) is 18.8 Å². The van der Waals surface area contributed by atoms with E-state index in [1.807, 2.05) is 11.8 Å². The summed E-state index contributed by atoms with van der Waals surface area (Å²) in [6.45, 7) is 5.93. The van der Waals surface area contributed by atoms with Gasteiger partial charge < -0.3 is 10.6 Å². The number of thioether (sulfide) groups is 1. The lowest BCUT2D eigenvalue weighted by Gasteiger charge is -2.16. The Labute approximate surface area is 96.8 Å². The van der Waals surface area contributed by atoms with Crippen LogP contribution in [-0.4, -0.2) is 36.0 Å². The third-order valence-electron chi connectivity index (χ3n) is 2.71. The van der Waals surface area contributed by atoms with Crippen LogP contribution >= 0.6 is 11.8 Å². The number of carbonyl (C=O) groups is 1. The Morgan fingerprint density at radius 3 is 2.87 bits per heavy atom. The maximum atomic E-state index is 11.3. The highest BCUT2D eigenvalue weighted by molar-refractivity contribution is 8.00. The molecule has 1 amide bonds. The Kier molecular flexibility index (Phi) is 6.10. The van der Waals surface area contributed by atoms with E-state index in [2.05, 4.69) is 24.5 Å². The van der Waals surface area contributed by atoms with Crippen molar-refractivity contribution in [1.29, 1.82) is 0 Å². The van der Waals surface area contributed by atoms with Crippen molar-refractivity contribution >= 4 is 17.7 Å². The first kappa shape index (κ1) is 12.8. The van der Waals surface area contributed by atoms with Crippen LogP contribution in [0, 0.1) is 0 Å². The molecule has 1 aliphatic heterocycles. The summed E-state index contributed by atoms with van der Waals surface area (Å²) in [5, 5.41) is 7.04. The molecular formula is C11H22N2OS. The predicted molar refractivity (Wildman–Crippen MR) is 66.2 cm³/mol. The molecule has 1 aliphatic rings. The molecule has 0 bridgehead atoms. The lowest BCUT2D eigenvalue weighted by Crippen LogP contribution is -2.36. The van der Waals surface area contributed by atoms with E-state index < -0.39 is 0 Å². The van der Waals surface area contributed by atoms with Crippen LogP contribution in [-0.2, 0) is 4.79 Å². The van der Waals surface area contributed by atoms with Gasteiger partial charge in [-0.25, -0.2) is 0 Å². The highest BCUT2D eigenvalue weighted by Crippen LogP contribution is 2.25. The molecule has 0 radical (unpaired) electrons. The summed E-state index contributed by atoms with van der Waals surface area (Å²) in [6.07, 6.45) is 2.85. The van der Waals surface area contributed by atoms with Crippen molar-refractivity contribution < 1.29 is 4.79 Å². The van der Waals surface area contributed by atoms with Gasteiger partial charge in [-0.1, -0.05) is 13.8 Å². The number of carbonyl (C=O) groups excluding carboxylic acids is 1. The molecule has 0 aromatic heterocycles. The summed E-state index contributed by atoms with van der Waals surface area (Å²) >= 11 is 2.01. The monoisotopic (exact) mass is 230 g/mol. The number of nitrogens with one attached hydrogen (secondary N) is 2. The zero-order valence-electron chi connectivity index (χ0n) is 9.71. The first-order valence-corrected chi connectivity index (χ1v) is 6.90. The predicted octanol–water partition coefficient (Wildman–Crippen LogP) is 1.39. The molecule has 2 N–H and O–H groups in total. The Morgan fingerprint density at radius 2 is 2.27 bits per heavy atom. The van der Waals surface area contributed by atoms with Crippen molar-refractivity contribution in [3.8, 4) is 0 Å². The zero-order chi connectivity index (χ0) is 11.1. The Morgan fingerprint density at radius 1 is 1.47 bits per heavy atom. The van der Waals surface area contributed by atoms with E-state index >= 15 is 0 Å². The fourth-order valence-electron chi connectivity index (χ4n) is 1.72. The normalized spacial score (nSPS) is 25.5. The topological polar surface area (TPSA) is 41.1 Å². The van der Waals surface area contributed by atoms with Crippen LogP contribution in [0.2, 0.25) is 0 Å². The van der Waals surface area contributed by atoms with Crippen LogP contribution in [0.5, 0.6) is 0 Å². The van der Waals surface area contributed by atoms with Gasteiger partial charge in [-0.15, -0.1) is 0 Å². The standard InChI is InChI=1S/C11H22N2OS/c1-3-6-13-11(14)4-7-12-10-5-8-15-9(10)2/h9-10,12H,3-8H2,1-2H3,(H,13,14). The second-order valence-corrected chi connectivity index (χ2v) is 5.51. The van der Waals surface area contributed by atoms with Crippen LogP contribution in [0.15, 0.2) is 0 Å². The fraction of sp³-hybridized carbons (Fsp3) is 0.909. The second kappa shape index (κ2) is 7.12. The summed E-state index contributed by atoms with van der Waals surface area (Å²) in [4.78, 5) is 11.3. The smallest absolute Gasteiger partial charge is 0.221 e. The number of amides is 1. The van der Waals surface area contributed by atoms with Crippen molar-refractivity contribution in [2.45, 2.75) is 44.4 Å². The van der Waals surface area contributed by atoms with Gasteiger partial charge in [-0.2, -0.15) is 11.8 Å². The molecule has 1 fully saturated rings. The second-order valence-electron chi connectivity index (χ2n) is 4.03. The van der Waals surface area contributed by atoms with E-state index in [1.54, 1.807) is 0 Å². The first-order valence-electron chi connectivity index (χ1n) is 5.85. The van der Waals surface area contributed by atoms with Gasteiger partial charge in [-0.05, 0) is 18.6 Å². The van der Waals surface area contributed by atoms with E-state index in [0.29, 0.717) is 17.7 Å². The molecule has 0 spiro atoms. The molecule has 1 saturated heterocycles. The van der Waals surface area contributed by atoms with Gasteiger partial charge in [-0.3, -0.25) is 4.79 Å². The maximum Gasteiger partial charge on any atom is 0.221 e. The largest absolute Gasteiger partial charge is 0.356 e. The van der Waals surface area contributed by atoms with Crippen molar-refractivity contribution in [2.24, 2.45) is 0 Å². The third-order valence-corrected chi connectivity index (χ3v) is 4.03. The summed E-state index contributed by atoms with van der Waals surface area (Å²) in [6, 6.07) is 0.606. The SMILES string of the molecule is CCCNC(=O)CCNC1CCSC1C. The Balaban J connectivity index is 2.02. The van der Waals surface area contributed by atoms with Gasteiger partial charge in [0.15, 0.2) is 0 Å². The minimum absolute atomic E-state index is 0.169. The van der Waals surface area contributed by atoms with E-state index in [4.69, 9.17) is 0 Å². The molecule has 3 nitrogen and oxygen atoms in total. The zero-order valence-corrected chi connectivity index (χ0v) is 10.5. The molecular weight excluding hydrogens is 208 g/mol. The first-order chi connectivity index (χ1) is 7.24. The number of hydrogen-bond donors (Lipinski definition) is 2. The van der Waals surface area contributed by atoms with Gasteiger partial charge in [0, 0.05) is 30.8 Å². The van der Waals surface area contributed by atoms with Crippen molar-refractivity contribution in [1.82, 2.24) is 10.6 Å². The summed E-state index contributed by atoms with van der Waals surface area (Å²) in [7, 11) is 0. The molecule has 0 aromatic rings. The molecule has 88 valence electrons. The van der Waals surface area contributed by atoms with Crippen LogP contribution in [0.3, 0.4) is 0 Å². The van der Waals surface area contributed by atoms with Crippen LogP contribution < -0.4 is 10.6 Å². The summed E-state index contributed by atoms with van der Waals surface area (Å²) in [5.74, 6) is 1.42. The van der Waals surface area contributed by atoms with E-state index in [0.717, 1.165) is 19.5 Å². The highest BCUT2D eigenvalue weighted by Gasteiger charge is 2.22. The van der Waals surface area contributed by atoms with Crippen LogP contribution in [0.1, 0.15) is 33.1 Å². The number of rotatable bonds is 6. The third kappa shape index (κ3) is 4.89. The quantitative estimate of drug-likeness (QED) is 0.724. The minimum Gasteiger partial charge on any atom is -0.356 e. The summed E-state index contributed by atoms with van der Waals surface area (Å²) < 4.78 is 0. The van der Waals surface area contributed by atoms with Crippen molar-refractivity contribution in [3.05, 3.63) is 0 Å². The van der Waals surface area contributed by atoms with Crippen LogP contribution in [0.25, 0.3) is 0 Å². The molecule has 4 heteroatoms. The maximum absolute atomic E-state index is 11.3. The van der Waals surface area contributed by atoms with E-state index in [1.165, 1.54) is 12.2 Å². The molecule has 1 rings (SSSR count). The highest BCUT2D eigenvalue weighted by atomic mass is 32.2.